The van der Waals surface area contributed by atoms with Crippen molar-refractivity contribution in [2.75, 3.05) is 37.6 Å². The van der Waals surface area contributed by atoms with Gasteiger partial charge in [0.15, 0.2) is 0 Å². The lowest BCUT2D eigenvalue weighted by molar-refractivity contribution is -0.136. The van der Waals surface area contributed by atoms with E-state index in [0.29, 0.717) is 50.7 Å². The summed E-state index contributed by atoms with van der Waals surface area (Å²) in [5.41, 5.74) is 0.591. The number of nitrogens with zero attached hydrogens (tertiary/aromatic N) is 5. The second-order valence-electron chi connectivity index (χ2n) is 7.01. The van der Waals surface area contributed by atoms with Gasteiger partial charge in [0.1, 0.15) is 5.82 Å². The number of amides is 2. The van der Waals surface area contributed by atoms with Crippen LogP contribution in [0, 0.1) is 17.2 Å². The minimum atomic E-state index is -0.181. The molecule has 3 aliphatic rings. The number of carbonyl (C=O) groups is 2. The smallest absolute Gasteiger partial charge is 0.228 e. The fourth-order valence-corrected chi connectivity index (χ4v) is 3.71. The lowest BCUT2D eigenvalue weighted by atomic mass is 10.1. The molecule has 2 amide bonds. The SMILES string of the molecule is N#Cc1ccnc(N2CCN(C(=O)[C@@H]3CC(=O)N(C4CC4)C3)CC2)c1. The highest BCUT2D eigenvalue weighted by Gasteiger charge is 2.43. The Kier molecular flexibility index (Phi) is 4.04. The molecular weight excluding hydrogens is 318 g/mol. The Bertz CT molecular complexity index is 731. The van der Waals surface area contributed by atoms with Crippen LogP contribution in [-0.4, -0.2) is 65.4 Å². The summed E-state index contributed by atoms with van der Waals surface area (Å²) in [5.74, 6) is 0.841. The van der Waals surface area contributed by atoms with Crippen molar-refractivity contribution >= 4 is 17.6 Å². The van der Waals surface area contributed by atoms with E-state index in [4.69, 9.17) is 5.26 Å². The van der Waals surface area contributed by atoms with Crippen molar-refractivity contribution in [3.8, 4) is 6.07 Å². The summed E-state index contributed by atoms with van der Waals surface area (Å²) in [5, 5.41) is 9.00. The molecule has 0 radical (unpaired) electrons. The molecule has 2 saturated heterocycles. The van der Waals surface area contributed by atoms with Crippen molar-refractivity contribution in [1.82, 2.24) is 14.8 Å². The molecule has 1 saturated carbocycles. The molecule has 0 bridgehead atoms. The third-order valence-corrected chi connectivity index (χ3v) is 5.29. The molecule has 2 aliphatic heterocycles. The second-order valence-corrected chi connectivity index (χ2v) is 7.01. The third kappa shape index (κ3) is 3.16. The normalized spacial score (nSPS) is 23.7. The van der Waals surface area contributed by atoms with Crippen LogP contribution in [0.1, 0.15) is 24.8 Å². The minimum absolute atomic E-state index is 0.106. The van der Waals surface area contributed by atoms with Gasteiger partial charge in [-0.25, -0.2) is 4.98 Å². The van der Waals surface area contributed by atoms with Crippen molar-refractivity contribution in [3.05, 3.63) is 23.9 Å². The molecule has 1 aromatic rings. The molecule has 3 heterocycles. The van der Waals surface area contributed by atoms with Crippen LogP contribution in [0.5, 0.6) is 0 Å². The van der Waals surface area contributed by atoms with Crippen LogP contribution in [-0.2, 0) is 9.59 Å². The Hall–Kier alpha value is -2.62. The Morgan fingerprint density at radius 2 is 2.00 bits per heavy atom. The van der Waals surface area contributed by atoms with Crippen LogP contribution in [0.2, 0.25) is 0 Å². The maximum atomic E-state index is 12.7. The number of carbonyl (C=O) groups excluding carboxylic acids is 2. The van der Waals surface area contributed by atoms with Gasteiger partial charge in [0.05, 0.1) is 17.6 Å². The molecule has 7 heteroatoms. The number of aromatic nitrogens is 1. The summed E-state index contributed by atoms with van der Waals surface area (Å²) in [6.07, 6.45) is 4.17. The zero-order chi connectivity index (χ0) is 17.4. The maximum Gasteiger partial charge on any atom is 0.228 e. The van der Waals surface area contributed by atoms with E-state index in [9.17, 15) is 9.59 Å². The van der Waals surface area contributed by atoms with E-state index in [1.54, 1.807) is 18.3 Å². The Morgan fingerprint density at radius 3 is 2.68 bits per heavy atom. The largest absolute Gasteiger partial charge is 0.353 e. The zero-order valence-corrected chi connectivity index (χ0v) is 14.1. The minimum Gasteiger partial charge on any atom is -0.353 e. The van der Waals surface area contributed by atoms with Gasteiger partial charge < -0.3 is 14.7 Å². The zero-order valence-electron chi connectivity index (χ0n) is 14.1. The van der Waals surface area contributed by atoms with E-state index in [-0.39, 0.29) is 17.7 Å². The summed E-state index contributed by atoms with van der Waals surface area (Å²) in [6, 6.07) is 5.98. The van der Waals surface area contributed by atoms with Gasteiger partial charge in [-0.1, -0.05) is 0 Å². The first kappa shape index (κ1) is 15.9. The molecular formula is C18H21N5O2. The van der Waals surface area contributed by atoms with Crippen LogP contribution >= 0.6 is 0 Å². The highest BCUT2D eigenvalue weighted by molar-refractivity contribution is 5.89. The molecule has 7 nitrogen and oxygen atoms in total. The third-order valence-electron chi connectivity index (χ3n) is 5.29. The molecule has 1 aromatic heterocycles. The Balaban J connectivity index is 1.34. The number of hydrogen-bond donors (Lipinski definition) is 0. The highest BCUT2D eigenvalue weighted by Crippen LogP contribution is 2.33. The van der Waals surface area contributed by atoms with E-state index in [2.05, 4.69) is 16.0 Å². The molecule has 0 aromatic carbocycles. The number of pyridine rings is 1. The van der Waals surface area contributed by atoms with E-state index in [0.717, 1.165) is 18.7 Å². The average molecular weight is 339 g/mol. The fourth-order valence-electron chi connectivity index (χ4n) is 3.71. The molecule has 0 spiro atoms. The molecule has 4 rings (SSSR count). The van der Waals surface area contributed by atoms with E-state index >= 15 is 0 Å². The van der Waals surface area contributed by atoms with Gasteiger partial charge >= 0.3 is 0 Å². The van der Waals surface area contributed by atoms with Crippen molar-refractivity contribution in [1.29, 1.82) is 5.26 Å². The quantitative estimate of drug-likeness (QED) is 0.806. The molecule has 1 atom stereocenters. The number of piperazine rings is 1. The molecule has 0 N–H and O–H groups in total. The number of rotatable bonds is 3. The second kappa shape index (κ2) is 6.36. The van der Waals surface area contributed by atoms with Crippen molar-refractivity contribution in [2.24, 2.45) is 5.92 Å². The maximum absolute atomic E-state index is 12.7. The van der Waals surface area contributed by atoms with Gasteiger partial charge in [0.2, 0.25) is 11.8 Å². The number of nitriles is 1. The van der Waals surface area contributed by atoms with E-state index in [1.165, 1.54) is 0 Å². The van der Waals surface area contributed by atoms with Crippen LogP contribution in [0.25, 0.3) is 0 Å². The molecule has 3 fully saturated rings. The van der Waals surface area contributed by atoms with Gasteiger partial charge in [0, 0.05) is 51.4 Å². The first-order valence-corrected chi connectivity index (χ1v) is 8.85. The molecule has 130 valence electrons. The predicted molar refractivity (Wildman–Crippen MR) is 90.6 cm³/mol. The van der Waals surface area contributed by atoms with Crippen molar-refractivity contribution in [2.45, 2.75) is 25.3 Å². The summed E-state index contributed by atoms with van der Waals surface area (Å²) in [7, 11) is 0. The number of hydrogen-bond acceptors (Lipinski definition) is 5. The molecule has 25 heavy (non-hydrogen) atoms. The van der Waals surface area contributed by atoms with E-state index in [1.807, 2.05) is 9.80 Å². The lowest BCUT2D eigenvalue weighted by Crippen LogP contribution is -2.51. The van der Waals surface area contributed by atoms with Gasteiger partial charge in [-0.05, 0) is 25.0 Å². The van der Waals surface area contributed by atoms with Gasteiger partial charge in [0.25, 0.3) is 0 Å². The monoisotopic (exact) mass is 339 g/mol. The van der Waals surface area contributed by atoms with Gasteiger partial charge in [-0.3, -0.25) is 9.59 Å². The van der Waals surface area contributed by atoms with Crippen LogP contribution in [0.3, 0.4) is 0 Å². The van der Waals surface area contributed by atoms with Crippen molar-refractivity contribution < 1.29 is 9.59 Å². The molecule has 1 aliphatic carbocycles. The predicted octanol–water partition coefficient (Wildman–Crippen LogP) is 0.613. The topological polar surface area (TPSA) is 80.5 Å². The number of likely N-dealkylation sites (tertiary alicyclic amines) is 1. The lowest BCUT2D eigenvalue weighted by Gasteiger charge is -2.36. The Morgan fingerprint density at radius 1 is 1.24 bits per heavy atom. The number of anilines is 1. The van der Waals surface area contributed by atoms with Crippen LogP contribution in [0.4, 0.5) is 5.82 Å². The first-order valence-electron chi connectivity index (χ1n) is 8.85. The van der Waals surface area contributed by atoms with Crippen LogP contribution in [0.15, 0.2) is 18.3 Å². The summed E-state index contributed by atoms with van der Waals surface area (Å²) < 4.78 is 0. The highest BCUT2D eigenvalue weighted by atomic mass is 16.2. The standard InChI is InChI=1S/C18H21N5O2/c19-11-13-3-4-20-16(9-13)21-5-7-22(8-6-21)18(25)14-10-17(24)23(12-14)15-1-2-15/h3-4,9,14-15H,1-2,5-8,10,12H2/t14-/m1/s1. The van der Waals surface area contributed by atoms with Crippen LogP contribution < -0.4 is 4.90 Å². The fraction of sp³-hybridized carbons (Fsp3) is 0.556. The Labute approximate surface area is 146 Å². The summed E-state index contributed by atoms with van der Waals surface area (Å²) >= 11 is 0. The van der Waals surface area contributed by atoms with Gasteiger partial charge in [-0.15, -0.1) is 0 Å². The molecule has 0 unspecified atom stereocenters. The first-order chi connectivity index (χ1) is 12.2. The van der Waals surface area contributed by atoms with Crippen molar-refractivity contribution in [3.63, 3.8) is 0 Å². The summed E-state index contributed by atoms with van der Waals surface area (Å²) in [6.45, 7) is 3.24. The summed E-state index contributed by atoms with van der Waals surface area (Å²) in [4.78, 5) is 35.0. The van der Waals surface area contributed by atoms with E-state index < -0.39 is 0 Å². The van der Waals surface area contributed by atoms with Gasteiger partial charge in [-0.2, -0.15) is 5.26 Å². The average Bonchev–Trinajstić information content (AvgIpc) is 3.43.